The summed E-state index contributed by atoms with van der Waals surface area (Å²) in [5.74, 6) is -0.565. The minimum atomic E-state index is -0.565. The molecule has 7 heteroatoms. The van der Waals surface area contributed by atoms with Gasteiger partial charge < -0.3 is 21.1 Å². The van der Waals surface area contributed by atoms with Gasteiger partial charge in [-0.1, -0.05) is 0 Å². The van der Waals surface area contributed by atoms with Crippen LogP contribution in [0, 0.1) is 0 Å². The van der Waals surface area contributed by atoms with Crippen molar-refractivity contribution in [1.29, 1.82) is 0 Å². The highest BCUT2D eigenvalue weighted by atomic mass is 16.6. The van der Waals surface area contributed by atoms with E-state index in [0.717, 1.165) is 5.69 Å². The molecule has 116 valence electrons. The van der Waals surface area contributed by atoms with E-state index in [1.54, 1.807) is 12.1 Å². The monoisotopic (exact) mass is 294 g/mol. The van der Waals surface area contributed by atoms with Crippen molar-refractivity contribution in [3.63, 3.8) is 0 Å². The van der Waals surface area contributed by atoms with Crippen molar-refractivity contribution in [3.05, 3.63) is 24.0 Å². The van der Waals surface area contributed by atoms with Crippen molar-refractivity contribution in [2.75, 3.05) is 18.4 Å². The summed E-state index contributed by atoms with van der Waals surface area (Å²) in [6.45, 7) is 6.57. The smallest absolute Gasteiger partial charge is 0.407 e. The van der Waals surface area contributed by atoms with Crippen LogP contribution < -0.4 is 16.4 Å². The average molecular weight is 294 g/mol. The third-order valence-electron chi connectivity index (χ3n) is 2.36. The van der Waals surface area contributed by atoms with E-state index in [4.69, 9.17) is 10.5 Å². The van der Waals surface area contributed by atoms with Crippen LogP contribution in [-0.2, 0) is 4.74 Å². The Balaban J connectivity index is 2.24. The zero-order valence-electron chi connectivity index (χ0n) is 12.6. The van der Waals surface area contributed by atoms with E-state index in [2.05, 4.69) is 15.6 Å². The van der Waals surface area contributed by atoms with Crippen molar-refractivity contribution in [3.8, 4) is 0 Å². The first kappa shape index (κ1) is 16.7. The fourth-order valence-corrected chi connectivity index (χ4v) is 1.50. The number of anilines is 1. The molecule has 1 rings (SSSR count). The first-order valence-corrected chi connectivity index (χ1v) is 6.74. The lowest BCUT2D eigenvalue weighted by atomic mass is 10.2. The summed E-state index contributed by atoms with van der Waals surface area (Å²) in [6, 6.07) is 3.33. The van der Waals surface area contributed by atoms with E-state index >= 15 is 0 Å². The number of rotatable bonds is 6. The molecule has 7 nitrogen and oxygen atoms in total. The molecule has 21 heavy (non-hydrogen) atoms. The lowest BCUT2D eigenvalue weighted by molar-refractivity contribution is 0.0527. The number of hydrogen-bond donors (Lipinski definition) is 3. The summed E-state index contributed by atoms with van der Waals surface area (Å²) in [4.78, 5) is 26.2. The molecule has 0 spiro atoms. The van der Waals surface area contributed by atoms with Gasteiger partial charge in [-0.05, 0) is 39.3 Å². The maximum absolute atomic E-state index is 11.4. The van der Waals surface area contributed by atoms with Crippen LogP contribution in [-0.4, -0.2) is 35.7 Å². The van der Waals surface area contributed by atoms with Crippen LogP contribution in [0.5, 0.6) is 0 Å². The van der Waals surface area contributed by atoms with Gasteiger partial charge in [0.1, 0.15) is 11.3 Å². The molecule has 0 aromatic carbocycles. The summed E-state index contributed by atoms with van der Waals surface area (Å²) in [5.41, 5.74) is 5.63. The van der Waals surface area contributed by atoms with Gasteiger partial charge in [-0.15, -0.1) is 0 Å². The number of carbonyl (C=O) groups is 2. The Morgan fingerprint density at radius 3 is 2.67 bits per heavy atom. The Morgan fingerprint density at radius 2 is 2.05 bits per heavy atom. The minimum Gasteiger partial charge on any atom is -0.444 e. The number of carbonyl (C=O) groups excluding carboxylic acids is 2. The molecule has 0 atom stereocenters. The number of nitrogens with two attached hydrogens (primary N) is 1. The minimum absolute atomic E-state index is 0.215. The van der Waals surface area contributed by atoms with Crippen LogP contribution in [0.2, 0.25) is 0 Å². The third kappa shape index (κ3) is 7.14. The first-order chi connectivity index (χ1) is 9.78. The highest BCUT2D eigenvalue weighted by Gasteiger charge is 2.15. The summed E-state index contributed by atoms with van der Waals surface area (Å²) < 4.78 is 5.11. The van der Waals surface area contributed by atoms with E-state index < -0.39 is 17.6 Å². The molecule has 0 bridgehead atoms. The number of aromatic nitrogens is 1. The lowest BCUT2D eigenvalue weighted by Crippen LogP contribution is -2.33. The van der Waals surface area contributed by atoms with Gasteiger partial charge in [0.25, 0.3) is 5.91 Å². The molecule has 1 aromatic rings. The van der Waals surface area contributed by atoms with Gasteiger partial charge in [0.05, 0.1) is 0 Å². The van der Waals surface area contributed by atoms with E-state index in [1.807, 2.05) is 20.8 Å². The highest BCUT2D eigenvalue weighted by molar-refractivity contribution is 5.91. The molecule has 4 N–H and O–H groups in total. The number of nitrogens with one attached hydrogen (secondary N) is 2. The zero-order valence-corrected chi connectivity index (χ0v) is 12.6. The van der Waals surface area contributed by atoms with Gasteiger partial charge in [-0.3, -0.25) is 9.78 Å². The van der Waals surface area contributed by atoms with E-state index in [-0.39, 0.29) is 5.69 Å². The molecule has 0 unspecified atom stereocenters. The van der Waals surface area contributed by atoms with Crippen LogP contribution in [0.1, 0.15) is 37.7 Å². The summed E-state index contributed by atoms with van der Waals surface area (Å²) >= 11 is 0. The molecule has 0 fully saturated rings. The summed E-state index contributed by atoms with van der Waals surface area (Å²) in [7, 11) is 0. The zero-order chi connectivity index (χ0) is 15.9. The van der Waals surface area contributed by atoms with Crippen LogP contribution in [0.15, 0.2) is 18.3 Å². The topological polar surface area (TPSA) is 106 Å². The van der Waals surface area contributed by atoms with Gasteiger partial charge in [0.15, 0.2) is 0 Å². The van der Waals surface area contributed by atoms with Crippen molar-refractivity contribution in [2.24, 2.45) is 5.73 Å². The highest BCUT2D eigenvalue weighted by Crippen LogP contribution is 2.08. The average Bonchev–Trinajstić information content (AvgIpc) is 2.36. The van der Waals surface area contributed by atoms with Crippen LogP contribution in [0.4, 0.5) is 10.5 Å². The number of nitrogens with zero attached hydrogens (tertiary/aromatic N) is 1. The molecule has 0 aliphatic heterocycles. The molecule has 1 aromatic heterocycles. The number of pyridine rings is 1. The van der Waals surface area contributed by atoms with Crippen molar-refractivity contribution < 1.29 is 14.3 Å². The molecular formula is C14H22N4O3. The van der Waals surface area contributed by atoms with Crippen LogP contribution in [0.3, 0.4) is 0 Å². The normalized spacial score (nSPS) is 10.8. The second kappa shape index (κ2) is 7.47. The van der Waals surface area contributed by atoms with Crippen LogP contribution in [0.25, 0.3) is 0 Å². The molecule has 0 saturated heterocycles. The predicted octanol–water partition coefficient (Wildman–Crippen LogP) is 1.51. The van der Waals surface area contributed by atoms with Gasteiger partial charge in [0, 0.05) is 25.0 Å². The number of hydrogen-bond acceptors (Lipinski definition) is 5. The van der Waals surface area contributed by atoms with Gasteiger partial charge in [-0.25, -0.2) is 4.79 Å². The number of amides is 2. The second-order valence-corrected chi connectivity index (χ2v) is 5.50. The summed E-state index contributed by atoms with van der Waals surface area (Å²) in [5, 5.41) is 5.79. The molecule has 0 radical (unpaired) electrons. The molecule has 0 aliphatic carbocycles. The maximum Gasteiger partial charge on any atom is 0.407 e. The SMILES string of the molecule is CC(C)(C)OC(=O)NCCCNc1ccnc(C(N)=O)c1. The Labute approximate surface area is 124 Å². The Morgan fingerprint density at radius 1 is 1.33 bits per heavy atom. The van der Waals surface area contributed by atoms with Gasteiger partial charge in [-0.2, -0.15) is 0 Å². The predicted molar refractivity (Wildman–Crippen MR) is 80.1 cm³/mol. The van der Waals surface area contributed by atoms with Crippen LogP contribution >= 0.6 is 0 Å². The number of alkyl carbamates (subject to hydrolysis) is 1. The quantitative estimate of drug-likeness (QED) is 0.689. The van der Waals surface area contributed by atoms with Gasteiger partial charge in [0.2, 0.25) is 0 Å². The Bertz CT molecular complexity index is 497. The van der Waals surface area contributed by atoms with Crippen molar-refractivity contribution in [1.82, 2.24) is 10.3 Å². The fraction of sp³-hybridized carbons (Fsp3) is 0.500. The Hall–Kier alpha value is -2.31. The fourth-order valence-electron chi connectivity index (χ4n) is 1.50. The van der Waals surface area contributed by atoms with Crippen molar-refractivity contribution >= 4 is 17.7 Å². The third-order valence-corrected chi connectivity index (χ3v) is 2.36. The molecule has 0 saturated carbocycles. The largest absolute Gasteiger partial charge is 0.444 e. The van der Waals surface area contributed by atoms with Crippen molar-refractivity contribution in [2.45, 2.75) is 32.8 Å². The molecule has 2 amide bonds. The Kier molecular flexibility index (Phi) is 5.95. The van der Waals surface area contributed by atoms with E-state index in [0.29, 0.717) is 19.5 Å². The van der Waals surface area contributed by atoms with E-state index in [1.165, 1.54) is 6.20 Å². The molecule has 1 heterocycles. The maximum atomic E-state index is 11.4. The number of ether oxygens (including phenoxy) is 1. The summed E-state index contributed by atoms with van der Waals surface area (Å²) in [6.07, 6.45) is 1.80. The van der Waals surface area contributed by atoms with Gasteiger partial charge >= 0.3 is 6.09 Å². The molecule has 0 aliphatic rings. The number of primary amides is 1. The second-order valence-electron chi connectivity index (χ2n) is 5.50. The van der Waals surface area contributed by atoms with E-state index in [9.17, 15) is 9.59 Å². The molecular weight excluding hydrogens is 272 g/mol. The first-order valence-electron chi connectivity index (χ1n) is 6.74. The standard InChI is InChI=1S/C14H22N4O3/c1-14(2,3)21-13(20)18-7-4-6-16-10-5-8-17-11(9-10)12(15)19/h5,8-9H,4,6-7H2,1-3H3,(H2,15,19)(H,16,17)(H,18,20). The lowest BCUT2D eigenvalue weighted by Gasteiger charge is -2.19.